The van der Waals surface area contributed by atoms with Gasteiger partial charge in [-0.05, 0) is 48.4 Å². The van der Waals surface area contributed by atoms with E-state index in [-0.39, 0.29) is 4.90 Å². The number of hydrogen-bond acceptors (Lipinski definition) is 4. The molecule has 4 nitrogen and oxygen atoms in total. The van der Waals surface area contributed by atoms with Gasteiger partial charge >= 0.3 is 5.76 Å². The topological polar surface area (TPSA) is 49.4 Å². The molecule has 0 bridgehead atoms. The highest BCUT2D eigenvalue weighted by Gasteiger charge is 2.26. The number of halogens is 2. The Labute approximate surface area is 133 Å². The van der Waals surface area contributed by atoms with E-state index in [1.807, 2.05) is 19.2 Å². The van der Waals surface area contributed by atoms with Crippen LogP contribution in [0.25, 0.3) is 0 Å². The van der Waals surface area contributed by atoms with Gasteiger partial charge in [-0.15, -0.1) is 0 Å². The fourth-order valence-corrected chi connectivity index (χ4v) is 3.34. The van der Waals surface area contributed by atoms with Crippen LogP contribution in [0, 0.1) is 0 Å². The molecule has 0 saturated carbocycles. The number of fused-ring (bicyclic) bond motifs is 1. The van der Waals surface area contributed by atoms with Crippen LogP contribution in [0.4, 0.5) is 25.8 Å². The molecular formula is C16H16F2N2O2S. The van der Waals surface area contributed by atoms with Gasteiger partial charge in [0, 0.05) is 30.7 Å². The van der Waals surface area contributed by atoms with Crippen LogP contribution < -0.4 is 10.2 Å². The highest BCUT2D eigenvalue weighted by molar-refractivity contribution is 7.91. The molecule has 2 aromatic rings. The summed E-state index contributed by atoms with van der Waals surface area (Å²) in [6, 6.07) is 11.3. The summed E-state index contributed by atoms with van der Waals surface area (Å²) >= 11 is 0. The van der Waals surface area contributed by atoms with E-state index < -0.39 is 15.6 Å². The summed E-state index contributed by atoms with van der Waals surface area (Å²) in [6.07, 6.45) is 1.02. The van der Waals surface area contributed by atoms with Crippen LogP contribution in [0.3, 0.4) is 0 Å². The number of alkyl halides is 2. The van der Waals surface area contributed by atoms with Crippen molar-refractivity contribution in [2.24, 2.45) is 0 Å². The summed E-state index contributed by atoms with van der Waals surface area (Å²) in [7, 11) is -2.52. The fourth-order valence-electron chi connectivity index (χ4n) is 2.61. The third-order valence-corrected chi connectivity index (χ3v) is 5.32. The Morgan fingerprint density at radius 2 is 1.74 bits per heavy atom. The summed E-state index contributed by atoms with van der Waals surface area (Å²) in [5.41, 5.74) is 3.95. The summed E-state index contributed by atoms with van der Waals surface area (Å²) in [6.45, 7) is 0.985. The molecule has 0 fully saturated rings. The molecule has 23 heavy (non-hydrogen) atoms. The van der Waals surface area contributed by atoms with Gasteiger partial charge in [0.15, 0.2) is 0 Å². The first-order chi connectivity index (χ1) is 10.9. The summed E-state index contributed by atoms with van der Waals surface area (Å²) < 4.78 is 47.8. The second-order valence-corrected chi connectivity index (χ2v) is 7.39. The molecule has 3 rings (SSSR count). The maximum atomic E-state index is 12.5. The number of nitrogens with zero attached hydrogens (tertiary/aromatic N) is 1. The molecule has 0 atom stereocenters. The van der Waals surface area contributed by atoms with Gasteiger partial charge in [0.1, 0.15) is 0 Å². The molecule has 0 amide bonds. The van der Waals surface area contributed by atoms with Crippen LogP contribution in [0.1, 0.15) is 5.56 Å². The third-order valence-electron chi connectivity index (χ3n) is 3.92. The van der Waals surface area contributed by atoms with Crippen LogP contribution in [-0.2, 0) is 16.3 Å². The average Bonchev–Trinajstić information content (AvgIpc) is 2.89. The van der Waals surface area contributed by atoms with Crippen LogP contribution in [0.5, 0.6) is 0 Å². The number of likely N-dealkylation sites (N-methyl/N-ethyl adjacent to an activating group) is 1. The van der Waals surface area contributed by atoms with Gasteiger partial charge in [-0.2, -0.15) is 8.78 Å². The average molecular weight is 338 g/mol. The van der Waals surface area contributed by atoms with E-state index in [0.717, 1.165) is 24.3 Å². The lowest BCUT2D eigenvalue weighted by molar-refractivity contribution is 0.234. The molecule has 0 spiro atoms. The van der Waals surface area contributed by atoms with Gasteiger partial charge in [0.05, 0.1) is 4.90 Å². The van der Waals surface area contributed by atoms with Gasteiger partial charge in [-0.1, -0.05) is 6.07 Å². The van der Waals surface area contributed by atoms with E-state index in [2.05, 4.69) is 16.3 Å². The highest BCUT2D eigenvalue weighted by Crippen LogP contribution is 2.31. The zero-order chi connectivity index (χ0) is 16.6. The molecular weight excluding hydrogens is 322 g/mol. The second kappa shape index (κ2) is 5.81. The molecule has 1 aliphatic rings. The molecule has 2 aromatic carbocycles. The lowest BCUT2D eigenvalue weighted by Gasteiger charge is -2.14. The molecule has 0 radical (unpaired) electrons. The van der Waals surface area contributed by atoms with Crippen molar-refractivity contribution in [3.05, 3.63) is 48.0 Å². The summed E-state index contributed by atoms with van der Waals surface area (Å²) in [5, 5.41) is 3.15. The van der Waals surface area contributed by atoms with E-state index in [1.54, 1.807) is 0 Å². The zero-order valence-corrected chi connectivity index (χ0v) is 13.3. The Morgan fingerprint density at radius 1 is 1.09 bits per heavy atom. The predicted molar refractivity (Wildman–Crippen MR) is 86.3 cm³/mol. The van der Waals surface area contributed by atoms with Gasteiger partial charge < -0.3 is 10.2 Å². The Morgan fingerprint density at radius 3 is 2.39 bits per heavy atom. The molecule has 122 valence electrons. The van der Waals surface area contributed by atoms with Crippen LogP contribution in [-0.4, -0.2) is 27.8 Å². The molecule has 1 N–H and O–H groups in total. The molecule has 1 aliphatic heterocycles. The van der Waals surface area contributed by atoms with E-state index in [1.165, 1.54) is 29.8 Å². The van der Waals surface area contributed by atoms with Crippen molar-refractivity contribution in [1.82, 2.24) is 0 Å². The number of benzene rings is 2. The SMILES string of the molecule is CN1CCc2ccc(Nc3ccc(S(=O)(=O)C(F)F)cc3)cc21. The normalized spacial score (nSPS) is 14.2. The molecule has 0 aliphatic carbocycles. The lowest BCUT2D eigenvalue weighted by Crippen LogP contribution is -2.12. The van der Waals surface area contributed by atoms with Gasteiger partial charge in [0.25, 0.3) is 0 Å². The Hall–Kier alpha value is -2.15. The molecule has 0 aromatic heterocycles. The number of rotatable bonds is 4. The third kappa shape index (κ3) is 3.01. The van der Waals surface area contributed by atoms with E-state index in [0.29, 0.717) is 5.69 Å². The van der Waals surface area contributed by atoms with Crippen molar-refractivity contribution in [3.63, 3.8) is 0 Å². The van der Waals surface area contributed by atoms with Crippen LogP contribution in [0.2, 0.25) is 0 Å². The molecule has 1 heterocycles. The largest absolute Gasteiger partial charge is 0.374 e. The number of hydrogen-bond donors (Lipinski definition) is 1. The second-order valence-electron chi connectivity index (χ2n) is 5.47. The van der Waals surface area contributed by atoms with Crippen LogP contribution >= 0.6 is 0 Å². The molecule has 7 heteroatoms. The van der Waals surface area contributed by atoms with Gasteiger partial charge in [0.2, 0.25) is 9.84 Å². The van der Waals surface area contributed by atoms with Gasteiger partial charge in [-0.25, -0.2) is 8.42 Å². The molecule has 0 unspecified atom stereocenters. The smallest absolute Gasteiger partial charge is 0.341 e. The van der Waals surface area contributed by atoms with E-state index >= 15 is 0 Å². The number of sulfone groups is 1. The monoisotopic (exact) mass is 338 g/mol. The van der Waals surface area contributed by atoms with Crippen molar-refractivity contribution in [1.29, 1.82) is 0 Å². The van der Waals surface area contributed by atoms with E-state index in [4.69, 9.17) is 0 Å². The Balaban J connectivity index is 1.81. The summed E-state index contributed by atoms with van der Waals surface area (Å²) in [5.74, 6) is -3.41. The lowest BCUT2D eigenvalue weighted by atomic mass is 10.1. The minimum Gasteiger partial charge on any atom is -0.374 e. The Bertz CT molecular complexity index is 820. The van der Waals surface area contributed by atoms with E-state index in [9.17, 15) is 17.2 Å². The van der Waals surface area contributed by atoms with Crippen molar-refractivity contribution in [3.8, 4) is 0 Å². The van der Waals surface area contributed by atoms with Crippen molar-refractivity contribution < 1.29 is 17.2 Å². The molecule has 0 saturated heterocycles. The highest BCUT2D eigenvalue weighted by atomic mass is 32.2. The number of nitrogens with one attached hydrogen (secondary N) is 1. The Kier molecular flexibility index (Phi) is 3.97. The minimum absolute atomic E-state index is 0.383. The van der Waals surface area contributed by atoms with Crippen molar-refractivity contribution >= 4 is 26.9 Å². The first-order valence-electron chi connectivity index (χ1n) is 7.11. The quantitative estimate of drug-likeness (QED) is 0.928. The summed E-state index contributed by atoms with van der Waals surface area (Å²) in [4.78, 5) is 1.78. The zero-order valence-electron chi connectivity index (χ0n) is 12.5. The van der Waals surface area contributed by atoms with Crippen LogP contribution in [0.15, 0.2) is 47.4 Å². The maximum Gasteiger partial charge on any atom is 0.341 e. The fraction of sp³-hybridized carbons (Fsp3) is 0.250. The van der Waals surface area contributed by atoms with Crippen molar-refractivity contribution in [2.45, 2.75) is 17.1 Å². The standard InChI is InChI=1S/C16H16F2N2O2S/c1-20-9-8-11-2-3-13(10-15(11)20)19-12-4-6-14(7-5-12)23(21,22)16(17)18/h2-7,10,16,19H,8-9H2,1H3. The first-order valence-corrected chi connectivity index (χ1v) is 8.66. The maximum absolute atomic E-state index is 12.5. The minimum atomic E-state index is -4.55. The first kappa shape index (κ1) is 15.7. The predicted octanol–water partition coefficient (Wildman–Crippen LogP) is 3.42. The number of anilines is 3. The van der Waals surface area contributed by atoms with Crippen molar-refractivity contribution in [2.75, 3.05) is 23.8 Å². The van der Waals surface area contributed by atoms with Gasteiger partial charge in [-0.3, -0.25) is 0 Å².